The molecule has 1 aliphatic rings. The minimum Gasteiger partial charge on any atom is -0.351 e. The molecule has 0 atom stereocenters. The Labute approximate surface area is 107 Å². The second-order valence-corrected chi connectivity index (χ2v) is 6.25. The Kier molecular flexibility index (Phi) is 3.82. The van der Waals surface area contributed by atoms with Crippen molar-refractivity contribution in [2.45, 2.75) is 39.0 Å². The predicted molar refractivity (Wildman–Crippen MR) is 72.2 cm³/mol. The zero-order chi connectivity index (χ0) is 12.4. The first kappa shape index (κ1) is 12.6. The van der Waals surface area contributed by atoms with Crippen molar-refractivity contribution in [3.05, 3.63) is 10.6 Å². The third-order valence-corrected chi connectivity index (χ3v) is 4.22. The maximum Gasteiger partial charge on any atom is 0.185 e. The third kappa shape index (κ3) is 3.06. The van der Waals surface area contributed by atoms with Gasteiger partial charge in [0.25, 0.3) is 0 Å². The second kappa shape index (κ2) is 5.17. The summed E-state index contributed by atoms with van der Waals surface area (Å²) < 4.78 is 0. The summed E-state index contributed by atoms with van der Waals surface area (Å²) in [5, 5.41) is 0.995. The molecule has 94 valence electrons. The van der Waals surface area contributed by atoms with Crippen molar-refractivity contribution in [2.75, 3.05) is 18.5 Å². The lowest BCUT2D eigenvalue weighted by Gasteiger charge is -2.16. The summed E-state index contributed by atoms with van der Waals surface area (Å²) in [6, 6.07) is 0. The fraction of sp³-hybridized carbons (Fsp3) is 0.692. The number of anilines is 1. The Morgan fingerprint density at radius 3 is 2.76 bits per heavy atom. The van der Waals surface area contributed by atoms with E-state index < -0.39 is 0 Å². The van der Waals surface area contributed by atoms with Crippen LogP contribution >= 0.6 is 11.3 Å². The van der Waals surface area contributed by atoms with Gasteiger partial charge in [0.15, 0.2) is 11.4 Å². The summed E-state index contributed by atoms with van der Waals surface area (Å²) in [5.74, 6) is 1.25. The van der Waals surface area contributed by atoms with Crippen LogP contribution in [0.4, 0.5) is 5.13 Å². The molecule has 1 saturated carbocycles. The van der Waals surface area contributed by atoms with Crippen LogP contribution in [-0.2, 0) is 0 Å². The molecular weight excluding hydrogens is 232 g/mol. The van der Waals surface area contributed by atoms with Crippen molar-refractivity contribution in [1.29, 1.82) is 0 Å². The topological polar surface area (TPSA) is 33.2 Å². The van der Waals surface area contributed by atoms with Crippen LogP contribution in [0.15, 0.2) is 0 Å². The van der Waals surface area contributed by atoms with Gasteiger partial charge in [0.05, 0.1) is 10.6 Å². The number of aldehydes is 1. The van der Waals surface area contributed by atoms with Crippen LogP contribution in [0.3, 0.4) is 0 Å². The van der Waals surface area contributed by atoms with Crippen LogP contribution < -0.4 is 4.90 Å². The molecule has 0 bridgehead atoms. The van der Waals surface area contributed by atoms with Gasteiger partial charge in [-0.1, -0.05) is 25.2 Å². The summed E-state index contributed by atoms with van der Waals surface area (Å²) in [6.45, 7) is 5.46. The summed E-state index contributed by atoms with van der Waals surface area (Å²) in [6.07, 6.45) is 4.51. The molecule has 17 heavy (non-hydrogen) atoms. The molecule has 1 aromatic heterocycles. The Morgan fingerprint density at radius 1 is 1.53 bits per heavy atom. The van der Waals surface area contributed by atoms with Gasteiger partial charge in [-0.15, -0.1) is 0 Å². The molecule has 0 aliphatic heterocycles. The van der Waals surface area contributed by atoms with Crippen LogP contribution in [0.2, 0.25) is 0 Å². The highest BCUT2D eigenvalue weighted by Crippen LogP contribution is 2.43. The molecule has 1 fully saturated rings. The number of hydrogen-bond donors (Lipinski definition) is 0. The van der Waals surface area contributed by atoms with Crippen molar-refractivity contribution >= 4 is 22.8 Å². The number of rotatable bonds is 6. The van der Waals surface area contributed by atoms with Crippen molar-refractivity contribution < 1.29 is 4.79 Å². The molecule has 2 rings (SSSR count). The lowest BCUT2D eigenvalue weighted by Crippen LogP contribution is -2.19. The summed E-state index contributed by atoms with van der Waals surface area (Å²) in [7, 11) is 2.06. The normalized spacial score (nSPS) is 15.3. The van der Waals surface area contributed by atoms with Gasteiger partial charge >= 0.3 is 0 Å². The van der Waals surface area contributed by atoms with Crippen LogP contribution in [0.25, 0.3) is 0 Å². The van der Waals surface area contributed by atoms with E-state index in [1.165, 1.54) is 24.2 Å². The fourth-order valence-electron chi connectivity index (χ4n) is 1.78. The molecule has 4 heteroatoms. The summed E-state index contributed by atoms with van der Waals surface area (Å²) in [5.41, 5.74) is 1.04. The minimum atomic E-state index is 0.554. The molecule has 0 N–H and O–H groups in total. The van der Waals surface area contributed by atoms with Gasteiger partial charge in [0.1, 0.15) is 0 Å². The number of hydrogen-bond acceptors (Lipinski definition) is 4. The molecule has 0 spiro atoms. The maximum atomic E-state index is 11.0. The first-order valence-electron chi connectivity index (χ1n) is 6.29. The molecule has 0 amide bonds. The minimum absolute atomic E-state index is 0.554. The average Bonchev–Trinajstić information content (AvgIpc) is 3.05. The molecule has 1 aromatic rings. The second-order valence-electron chi connectivity index (χ2n) is 5.24. The first-order chi connectivity index (χ1) is 8.11. The van der Waals surface area contributed by atoms with Gasteiger partial charge in [-0.05, 0) is 25.2 Å². The van der Waals surface area contributed by atoms with Gasteiger partial charge < -0.3 is 4.90 Å². The van der Waals surface area contributed by atoms with Gasteiger partial charge in [-0.3, -0.25) is 4.79 Å². The van der Waals surface area contributed by atoms with E-state index in [1.807, 2.05) is 0 Å². The lowest BCUT2D eigenvalue weighted by atomic mass is 10.1. The van der Waals surface area contributed by atoms with E-state index in [0.29, 0.717) is 11.8 Å². The van der Waals surface area contributed by atoms with Crippen LogP contribution in [-0.4, -0.2) is 24.9 Å². The van der Waals surface area contributed by atoms with Gasteiger partial charge in [-0.2, -0.15) is 0 Å². The molecule has 3 nitrogen and oxygen atoms in total. The number of carbonyl (C=O) groups is 1. The Balaban J connectivity index is 2.07. The standard InChI is InChI=1S/C13H20N2OS/c1-9(2)6-7-15(3)13-14-12(10-4-5-10)11(8-16)17-13/h8-10H,4-7H2,1-3H3. The third-order valence-electron chi connectivity index (χ3n) is 3.11. The molecule has 0 radical (unpaired) electrons. The Morgan fingerprint density at radius 2 is 2.24 bits per heavy atom. The highest BCUT2D eigenvalue weighted by molar-refractivity contribution is 7.17. The van der Waals surface area contributed by atoms with Crippen molar-refractivity contribution in [3.8, 4) is 0 Å². The van der Waals surface area contributed by atoms with E-state index in [-0.39, 0.29) is 0 Å². The summed E-state index contributed by atoms with van der Waals surface area (Å²) >= 11 is 1.53. The number of nitrogens with zero attached hydrogens (tertiary/aromatic N) is 2. The van der Waals surface area contributed by atoms with E-state index in [9.17, 15) is 4.79 Å². The molecule has 0 saturated heterocycles. The Bertz CT molecular complexity index is 396. The van der Waals surface area contributed by atoms with E-state index in [2.05, 4.69) is 30.8 Å². The molecular formula is C13H20N2OS. The van der Waals surface area contributed by atoms with Crippen LogP contribution in [0.5, 0.6) is 0 Å². The largest absolute Gasteiger partial charge is 0.351 e. The maximum absolute atomic E-state index is 11.0. The number of carbonyl (C=O) groups excluding carboxylic acids is 1. The van der Waals surface area contributed by atoms with Crippen molar-refractivity contribution in [1.82, 2.24) is 4.98 Å². The van der Waals surface area contributed by atoms with E-state index in [0.717, 1.165) is 35.0 Å². The monoisotopic (exact) mass is 252 g/mol. The quantitative estimate of drug-likeness (QED) is 0.728. The van der Waals surface area contributed by atoms with Crippen molar-refractivity contribution in [3.63, 3.8) is 0 Å². The van der Waals surface area contributed by atoms with Gasteiger partial charge in [0, 0.05) is 19.5 Å². The molecule has 0 unspecified atom stereocenters. The SMILES string of the molecule is CC(C)CCN(C)c1nc(C2CC2)c(C=O)s1. The van der Waals surface area contributed by atoms with Crippen LogP contribution in [0.1, 0.15) is 54.4 Å². The Hall–Kier alpha value is -0.900. The first-order valence-corrected chi connectivity index (χ1v) is 7.10. The van der Waals surface area contributed by atoms with E-state index in [1.54, 1.807) is 0 Å². The zero-order valence-corrected chi connectivity index (χ0v) is 11.6. The molecule has 1 aliphatic carbocycles. The highest BCUT2D eigenvalue weighted by atomic mass is 32.1. The van der Waals surface area contributed by atoms with Crippen molar-refractivity contribution in [2.24, 2.45) is 5.92 Å². The molecule has 0 aromatic carbocycles. The van der Waals surface area contributed by atoms with Gasteiger partial charge in [-0.25, -0.2) is 4.98 Å². The smallest absolute Gasteiger partial charge is 0.185 e. The number of aromatic nitrogens is 1. The fourth-order valence-corrected chi connectivity index (χ4v) is 2.73. The lowest BCUT2D eigenvalue weighted by molar-refractivity contribution is 0.112. The predicted octanol–water partition coefficient (Wildman–Crippen LogP) is 3.32. The highest BCUT2D eigenvalue weighted by Gasteiger charge is 2.30. The van der Waals surface area contributed by atoms with E-state index >= 15 is 0 Å². The average molecular weight is 252 g/mol. The van der Waals surface area contributed by atoms with Crippen LogP contribution in [0, 0.1) is 5.92 Å². The number of thiazole rings is 1. The summed E-state index contributed by atoms with van der Waals surface area (Å²) in [4.78, 5) is 18.7. The molecule has 1 heterocycles. The van der Waals surface area contributed by atoms with E-state index in [4.69, 9.17) is 0 Å². The van der Waals surface area contributed by atoms with Gasteiger partial charge in [0.2, 0.25) is 0 Å². The zero-order valence-electron chi connectivity index (χ0n) is 10.8.